The summed E-state index contributed by atoms with van der Waals surface area (Å²) < 4.78 is 49.5. The third-order valence-electron chi connectivity index (χ3n) is 5.18. The summed E-state index contributed by atoms with van der Waals surface area (Å²) in [5.41, 5.74) is 2.48. The maximum atomic E-state index is 14.6. The van der Waals surface area contributed by atoms with Gasteiger partial charge in [-0.1, -0.05) is 83.9 Å². The largest absolute Gasteiger partial charge is 0.284 e. The minimum Gasteiger partial charge on any atom is -0.239 e. The van der Waals surface area contributed by atoms with E-state index in [1.165, 1.54) is 12.1 Å². The Bertz CT molecular complexity index is 1480. The molecule has 0 amide bonds. The number of hydrogen-bond acceptors (Lipinski definition) is 3. The lowest BCUT2D eigenvalue weighted by Gasteiger charge is -2.13. The van der Waals surface area contributed by atoms with Gasteiger partial charge in [0.15, 0.2) is 5.84 Å². The average Bonchev–Trinajstić information content (AvgIpc) is 2.85. The van der Waals surface area contributed by atoms with Crippen LogP contribution in [0.25, 0.3) is 0 Å². The van der Waals surface area contributed by atoms with Crippen LogP contribution in [-0.4, -0.2) is 18.5 Å². The van der Waals surface area contributed by atoms with Gasteiger partial charge in [-0.3, -0.25) is 0 Å². The zero-order chi connectivity index (χ0) is 24.2. The predicted molar refractivity (Wildman–Crippen MR) is 136 cm³/mol. The fraction of sp³-hybridized carbons (Fsp3) is 0.0741. The van der Waals surface area contributed by atoms with Crippen LogP contribution in [0.15, 0.2) is 133 Å². The van der Waals surface area contributed by atoms with Crippen LogP contribution in [0.3, 0.4) is 0 Å². The van der Waals surface area contributed by atoms with E-state index in [1.54, 1.807) is 66.7 Å². The minimum absolute atomic E-state index is 0.0378. The van der Waals surface area contributed by atoms with Crippen molar-refractivity contribution in [2.24, 2.45) is 8.76 Å². The molecule has 0 radical (unpaired) electrons. The van der Waals surface area contributed by atoms with Crippen molar-refractivity contribution in [2.75, 3.05) is 0 Å². The smallest absolute Gasteiger partial charge is 0.239 e. The molecular weight excluding hydrogens is 464 g/mol. The van der Waals surface area contributed by atoms with Gasteiger partial charge in [-0.2, -0.15) is 12.8 Å². The number of rotatable bonds is 5. The summed E-state index contributed by atoms with van der Waals surface area (Å²) in [6.07, 6.45) is 0. The average molecular weight is 489 g/mol. The van der Waals surface area contributed by atoms with Crippen LogP contribution in [0.2, 0.25) is 0 Å². The highest BCUT2D eigenvalue weighted by Crippen LogP contribution is 2.26. The molecule has 4 aromatic carbocycles. The molecule has 34 heavy (non-hydrogen) atoms. The van der Waals surface area contributed by atoms with Crippen molar-refractivity contribution in [1.29, 1.82) is 0 Å². The summed E-state index contributed by atoms with van der Waals surface area (Å²) in [6.45, 7) is 3.88. The fourth-order valence-electron chi connectivity index (χ4n) is 3.28. The molecule has 5 nitrogen and oxygen atoms in total. The highest BCUT2D eigenvalue weighted by atomic mass is 32.2. The summed E-state index contributed by atoms with van der Waals surface area (Å²) in [4.78, 5) is 0.987. The summed E-state index contributed by atoms with van der Waals surface area (Å²) in [7, 11) is -7.34. The highest BCUT2D eigenvalue weighted by Gasteiger charge is 2.21. The summed E-state index contributed by atoms with van der Waals surface area (Å²) in [5.74, 6) is -0.115. The Morgan fingerprint density at radius 2 is 1.00 bits per heavy atom. The predicted octanol–water partition coefficient (Wildman–Crippen LogP) is 6.03. The third-order valence-corrected chi connectivity index (χ3v) is 8.71. The molecule has 7 heteroatoms. The standard InChI is InChI=1S/C27H24N2O3S2/c1-21-13-17-24(18-14-21)33(30,25-19-15-22(2)16-20-25)28-27(23-9-5-3-6-10-23)29-34(31,32)26-11-7-4-8-12-26/h3-20H,1-2H3/b29-27-. The molecule has 0 aliphatic carbocycles. The van der Waals surface area contributed by atoms with Gasteiger partial charge in [0.1, 0.15) is 9.73 Å². The molecule has 0 fully saturated rings. The van der Waals surface area contributed by atoms with Crippen LogP contribution in [0.1, 0.15) is 16.7 Å². The molecule has 0 N–H and O–H groups in total. The third kappa shape index (κ3) is 5.16. The van der Waals surface area contributed by atoms with E-state index >= 15 is 0 Å². The van der Waals surface area contributed by atoms with Gasteiger partial charge in [0.25, 0.3) is 10.0 Å². The number of nitrogens with zero attached hydrogens (tertiary/aromatic N) is 2. The molecule has 0 aliphatic heterocycles. The van der Waals surface area contributed by atoms with Gasteiger partial charge in [-0.15, -0.1) is 4.40 Å². The van der Waals surface area contributed by atoms with E-state index in [2.05, 4.69) is 8.76 Å². The Morgan fingerprint density at radius 1 is 0.559 bits per heavy atom. The number of sulfonamides is 1. The van der Waals surface area contributed by atoms with E-state index in [0.717, 1.165) is 11.1 Å². The first-order valence-corrected chi connectivity index (χ1v) is 13.6. The maximum Gasteiger partial charge on any atom is 0.284 e. The Kier molecular flexibility index (Phi) is 6.77. The Labute approximate surface area is 201 Å². The Balaban J connectivity index is 2.02. The van der Waals surface area contributed by atoms with Crippen molar-refractivity contribution < 1.29 is 12.6 Å². The normalized spacial score (nSPS) is 12.4. The summed E-state index contributed by atoms with van der Waals surface area (Å²) in [6, 6.07) is 31.1. The Morgan fingerprint density at radius 3 is 1.47 bits per heavy atom. The van der Waals surface area contributed by atoms with Crippen LogP contribution in [0.5, 0.6) is 0 Å². The number of benzene rings is 4. The SMILES string of the molecule is Cc1ccc(S(=O)(=N/C(=N\S(=O)(=O)c2ccccc2)c2ccccc2)c2ccc(C)cc2)cc1. The van der Waals surface area contributed by atoms with Gasteiger partial charge in [0.05, 0.1) is 14.7 Å². The molecule has 0 aliphatic rings. The summed E-state index contributed by atoms with van der Waals surface area (Å²) in [5, 5.41) is 0. The van der Waals surface area contributed by atoms with E-state index in [4.69, 9.17) is 0 Å². The molecule has 0 saturated heterocycles. The molecule has 0 aromatic heterocycles. The Hall–Kier alpha value is -3.55. The molecule has 4 aromatic rings. The molecule has 0 atom stereocenters. The lowest BCUT2D eigenvalue weighted by molar-refractivity contribution is 0.598. The van der Waals surface area contributed by atoms with E-state index < -0.39 is 19.8 Å². The second-order valence-electron chi connectivity index (χ2n) is 7.81. The topological polar surface area (TPSA) is 75.9 Å². The number of amidine groups is 1. The fourth-order valence-corrected chi connectivity index (χ4v) is 6.19. The van der Waals surface area contributed by atoms with Crippen molar-refractivity contribution in [3.8, 4) is 0 Å². The first-order valence-electron chi connectivity index (χ1n) is 10.6. The van der Waals surface area contributed by atoms with Crippen LogP contribution in [0, 0.1) is 13.8 Å². The van der Waals surface area contributed by atoms with Crippen LogP contribution < -0.4 is 0 Å². The van der Waals surface area contributed by atoms with Crippen LogP contribution in [0.4, 0.5) is 0 Å². The van der Waals surface area contributed by atoms with Crippen LogP contribution >= 0.6 is 0 Å². The monoisotopic (exact) mass is 488 g/mol. The maximum absolute atomic E-state index is 14.6. The second kappa shape index (κ2) is 9.75. The molecule has 0 heterocycles. The molecule has 4 rings (SSSR count). The van der Waals surface area contributed by atoms with E-state index in [-0.39, 0.29) is 10.7 Å². The highest BCUT2D eigenvalue weighted by molar-refractivity contribution is 7.94. The molecule has 0 unspecified atom stereocenters. The van der Waals surface area contributed by atoms with E-state index in [1.807, 2.05) is 44.2 Å². The molecular formula is C27H24N2O3S2. The van der Waals surface area contributed by atoms with E-state index in [0.29, 0.717) is 15.4 Å². The lowest BCUT2D eigenvalue weighted by Crippen LogP contribution is -2.10. The molecule has 0 spiro atoms. The number of hydrogen-bond donors (Lipinski definition) is 0. The van der Waals surface area contributed by atoms with Crippen molar-refractivity contribution in [3.05, 3.63) is 126 Å². The van der Waals surface area contributed by atoms with Crippen molar-refractivity contribution >= 4 is 25.6 Å². The first-order chi connectivity index (χ1) is 16.3. The van der Waals surface area contributed by atoms with Crippen molar-refractivity contribution in [3.63, 3.8) is 0 Å². The van der Waals surface area contributed by atoms with E-state index in [9.17, 15) is 12.6 Å². The molecule has 172 valence electrons. The summed E-state index contributed by atoms with van der Waals surface area (Å²) >= 11 is 0. The zero-order valence-electron chi connectivity index (χ0n) is 18.8. The molecule has 0 bridgehead atoms. The van der Waals surface area contributed by atoms with Crippen molar-refractivity contribution in [2.45, 2.75) is 28.5 Å². The van der Waals surface area contributed by atoms with Crippen LogP contribution in [-0.2, 0) is 19.8 Å². The first kappa shape index (κ1) is 23.6. The van der Waals surface area contributed by atoms with Gasteiger partial charge in [-0.25, -0.2) is 4.21 Å². The van der Waals surface area contributed by atoms with Gasteiger partial charge in [-0.05, 0) is 50.2 Å². The zero-order valence-corrected chi connectivity index (χ0v) is 20.5. The lowest BCUT2D eigenvalue weighted by atomic mass is 10.2. The van der Waals surface area contributed by atoms with Gasteiger partial charge in [0, 0.05) is 5.56 Å². The number of aryl methyl sites for hydroxylation is 2. The van der Waals surface area contributed by atoms with Gasteiger partial charge in [0.2, 0.25) is 0 Å². The van der Waals surface area contributed by atoms with Gasteiger partial charge >= 0.3 is 0 Å². The van der Waals surface area contributed by atoms with Gasteiger partial charge < -0.3 is 0 Å². The minimum atomic E-state index is -4.09. The quantitative estimate of drug-likeness (QED) is 0.254. The van der Waals surface area contributed by atoms with Crippen molar-refractivity contribution in [1.82, 2.24) is 0 Å². The second-order valence-corrected chi connectivity index (χ2v) is 11.6. The molecule has 0 saturated carbocycles.